The van der Waals surface area contributed by atoms with Crippen LogP contribution in [0.1, 0.15) is 63.9 Å². The second-order valence-corrected chi connectivity index (χ2v) is 8.29. The Morgan fingerprint density at radius 2 is 1.85 bits per heavy atom. The zero-order valence-electron chi connectivity index (χ0n) is 15.6. The average molecular weight is 377 g/mol. The first-order valence-electron chi connectivity index (χ1n) is 9.85. The van der Waals surface area contributed by atoms with Crippen LogP contribution in [-0.2, 0) is 16.0 Å². The van der Waals surface area contributed by atoms with Gasteiger partial charge in [0.2, 0.25) is 11.8 Å². The van der Waals surface area contributed by atoms with Crippen molar-refractivity contribution in [1.82, 2.24) is 10.2 Å². The number of nitrogens with one attached hydrogen (secondary N) is 1. The highest BCUT2D eigenvalue weighted by Gasteiger charge is 2.47. The zero-order valence-corrected chi connectivity index (χ0v) is 16.4. The summed E-state index contributed by atoms with van der Waals surface area (Å²) in [4.78, 5) is 27.3. The lowest BCUT2D eigenvalue weighted by Crippen LogP contribution is -2.56. The fourth-order valence-electron chi connectivity index (χ4n) is 4.16. The SMILES string of the molecule is CC1(C(=O)NC2CCCCCC2)CCC(=O)N1CCc1ccc(Cl)cc1. The fourth-order valence-corrected chi connectivity index (χ4v) is 4.29. The van der Waals surface area contributed by atoms with Crippen molar-refractivity contribution >= 4 is 23.4 Å². The second-order valence-electron chi connectivity index (χ2n) is 7.86. The molecule has 1 aromatic carbocycles. The summed E-state index contributed by atoms with van der Waals surface area (Å²) in [7, 11) is 0. The molecule has 26 heavy (non-hydrogen) atoms. The molecule has 1 aliphatic heterocycles. The number of carbonyl (C=O) groups is 2. The van der Waals surface area contributed by atoms with Crippen LogP contribution in [0.5, 0.6) is 0 Å². The minimum atomic E-state index is -0.726. The van der Waals surface area contributed by atoms with E-state index >= 15 is 0 Å². The summed E-state index contributed by atoms with van der Waals surface area (Å²) in [6, 6.07) is 7.94. The van der Waals surface area contributed by atoms with Crippen molar-refractivity contribution in [2.45, 2.75) is 76.3 Å². The largest absolute Gasteiger partial charge is 0.351 e. The number of likely N-dealkylation sites (tertiary alicyclic amines) is 1. The van der Waals surface area contributed by atoms with Crippen LogP contribution in [0.4, 0.5) is 0 Å². The van der Waals surface area contributed by atoms with Crippen LogP contribution < -0.4 is 5.32 Å². The van der Waals surface area contributed by atoms with E-state index in [1.165, 1.54) is 25.7 Å². The maximum atomic E-state index is 13.0. The molecule has 1 N–H and O–H groups in total. The Morgan fingerprint density at radius 3 is 2.50 bits per heavy atom. The Kier molecular flexibility index (Phi) is 6.23. The Bertz CT molecular complexity index is 638. The molecule has 1 aliphatic carbocycles. The third-order valence-electron chi connectivity index (χ3n) is 5.94. The van der Waals surface area contributed by atoms with Crippen LogP contribution >= 0.6 is 11.6 Å². The van der Waals surface area contributed by atoms with Crippen molar-refractivity contribution in [3.63, 3.8) is 0 Å². The minimum absolute atomic E-state index is 0.0198. The number of hydrogen-bond acceptors (Lipinski definition) is 2. The summed E-state index contributed by atoms with van der Waals surface area (Å²) in [5.74, 6) is 0.101. The van der Waals surface area contributed by atoms with Gasteiger partial charge in [-0.3, -0.25) is 9.59 Å². The summed E-state index contributed by atoms with van der Waals surface area (Å²) in [5.41, 5.74) is 0.399. The molecule has 0 aromatic heterocycles. The highest BCUT2D eigenvalue weighted by molar-refractivity contribution is 6.30. The molecule has 1 heterocycles. The standard InChI is InChI=1S/C21H29ClN2O2/c1-21(20(26)23-18-6-4-2-3-5-7-18)14-12-19(25)24(21)15-13-16-8-10-17(22)11-9-16/h8-11,18H,2-7,12-15H2,1H3,(H,23,26). The predicted molar refractivity (Wildman–Crippen MR) is 104 cm³/mol. The second kappa shape index (κ2) is 8.43. The van der Waals surface area contributed by atoms with E-state index < -0.39 is 5.54 Å². The van der Waals surface area contributed by atoms with Gasteiger partial charge in [-0.15, -0.1) is 0 Å². The number of carbonyl (C=O) groups excluding carboxylic acids is 2. The molecule has 1 saturated heterocycles. The lowest BCUT2D eigenvalue weighted by atomic mass is 9.96. The van der Waals surface area contributed by atoms with E-state index in [2.05, 4.69) is 5.32 Å². The van der Waals surface area contributed by atoms with Gasteiger partial charge in [-0.25, -0.2) is 0 Å². The third kappa shape index (κ3) is 4.40. The normalized spacial score (nSPS) is 24.5. The predicted octanol–water partition coefficient (Wildman–Crippen LogP) is 4.10. The van der Waals surface area contributed by atoms with E-state index in [1.54, 1.807) is 4.90 Å². The van der Waals surface area contributed by atoms with Gasteiger partial charge in [0, 0.05) is 24.0 Å². The zero-order chi connectivity index (χ0) is 18.6. The molecule has 4 nitrogen and oxygen atoms in total. The number of nitrogens with zero attached hydrogens (tertiary/aromatic N) is 1. The first kappa shape index (κ1) is 19.2. The van der Waals surface area contributed by atoms with Crippen LogP contribution in [0.2, 0.25) is 5.02 Å². The molecule has 3 rings (SSSR count). The molecule has 0 spiro atoms. The highest BCUT2D eigenvalue weighted by atomic mass is 35.5. The summed E-state index contributed by atoms with van der Waals surface area (Å²) < 4.78 is 0. The van der Waals surface area contributed by atoms with E-state index in [0.29, 0.717) is 24.4 Å². The lowest BCUT2D eigenvalue weighted by molar-refractivity contribution is -0.141. The van der Waals surface area contributed by atoms with Crippen LogP contribution in [0.25, 0.3) is 0 Å². The van der Waals surface area contributed by atoms with Crippen molar-refractivity contribution in [3.8, 4) is 0 Å². The van der Waals surface area contributed by atoms with E-state index in [0.717, 1.165) is 24.8 Å². The van der Waals surface area contributed by atoms with Crippen LogP contribution in [0, 0.1) is 0 Å². The van der Waals surface area contributed by atoms with E-state index in [-0.39, 0.29) is 17.9 Å². The van der Waals surface area contributed by atoms with Gasteiger partial charge >= 0.3 is 0 Å². The Morgan fingerprint density at radius 1 is 1.19 bits per heavy atom. The summed E-state index contributed by atoms with van der Waals surface area (Å²) >= 11 is 5.94. The van der Waals surface area contributed by atoms with Gasteiger partial charge in [-0.05, 0) is 50.3 Å². The van der Waals surface area contributed by atoms with Gasteiger partial charge in [0.1, 0.15) is 5.54 Å². The molecule has 0 bridgehead atoms. The van der Waals surface area contributed by atoms with Crippen molar-refractivity contribution in [1.29, 1.82) is 0 Å². The molecule has 5 heteroatoms. The Labute approximate surface area is 161 Å². The Balaban J connectivity index is 1.64. The van der Waals surface area contributed by atoms with Crippen LogP contribution in [0.15, 0.2) is 24.3 Å². The molecular formula is C21H29ClN2O2. The smallest absolute Gasteiger partial charge is 0.245 e. The van der Waals surface area contributed by atoms with Gasteiger partial charge in [0.25, 0.3) is 0 Å². The molecule has 142 valence electrons. The molecular weight excluding hydrogens is 348 g/mol. The van der Waals surface area contributed by atoms with Crippen LogP contribution in [-0.4, -0.2) is 34.8 Å². The lowest BCUT2D eigenvalue weighted by Gasteiger charge is -2.35. The number of benzene rings is 1. The summed E-state index contributed by atoms with van der Waals surface area (Å²) in [5, 5.41) is 3.95. The quantitative estimate of drug-likeness (QED) is 0.786. The van der Waals surface area contributed by atoms with Crippen molar-refractivity contribution < 1.29 is 9.59 Å². The van der Waals surface area contributed by atoms with E-state index in [4.69, 9.17) is 11.6 Å². The van der Waals surface area contributed by atoms with Crippen LogP contribution in [0.3, 0.4) is 0 Å². The summed E-state index contributed by atoms with van der Waals surface area (Å²) in [6.45, 7) is 2.49. The Hall–Kier alpha value is -1.55. The topological polar surface area (TPSA) is 49.4 Å². The molecule has 1 unspecified atom stereocenters. The number of rotatable bonds is 5. The third-order valence-corrected chi connectivity index (χ3v) is 6.19. The number of amides is 2. The minimum Gasteiger partial charge on any atom is -0.351 e. The number of hydrogen-bond donors (Lipinski definition) is 1. The van der Waals surface area contributed by atoms with Crippen molar-refractivity contribution in [2.75, 3.05) is 6.54 Å². The summed E-state index contributed by atoms with van der Waals surface area (Å²) in [6.07, 6.45) is 8.78. The maximum Gasteiger partial charge on any atom is 0.245 e. The van der Waals surface area contributed by atoms with E-state index in [9.17, 15) is 9.59 Å². The monoisotopic (exact) mass is 376 g/mol. The van der Waals surface area contributed by atoms with Gasteiger partial charge in [0.05, 0.1) is 0 Å². The first-order valence-corrected chi connectivity index (χ1v) is 10.2. The molecule has 1 saturated carbocycles. The average Bonchev–Trinajstić information content (AvgIpc) is 2.80. The van der Waals surface area contributed by atoms with Gasteiger partial charge < -0.3 is 10.2 Å². The van der Waals surface area contributed by atoms with Gasteiger partial charge in [-0.1, -0.05) is 49.4 Å². The molecule has 2 fully saturated rings. The van der Waals surface area contributed by atoms with Gasteiger partial charge in [-0.2, -0.15) is 0 Å². The molecule has 1 atom stereocenters. The fraction of sp³-hybridized carbons (Fsp3) is 0.619. The van der Waals surface area contributed by atoms with Crippen molar-refractivity contribution in [3.05, 3.63) is 34.9 Å². The first-order chi connectivity index (χ1) is 12.5. The molecule has 0 radical (unpaired) electrons. The number of halogens is 1. The van der Waals surface area contributed by atoms with Gasteiger partial charge in [0.15, 0.2) is 0 Å². The van der Waals surface area contributed by atoms with E-state index in [1.807, 2.05) is 31.2 Å². The molecule has 2 aliphatic rings. The maximum absolute atomic E-state index is 13.0. The van der Waals surface area contributed by atoms with Crippen molar-refractivity contribution in [2.24, 2.45) is 0 Å². The molecule has 1 aromatic rings. The highest BCUT2D eigenvalue weighted by Crippen LogP contribution is 2.31. The molecule has 2 amide bonds.